The maximum absolute atomic E-state index is 11.8. The number of nitrogens with two attached hydrogens (primary N) is 1. The highest BCUT2D eigenvalue weighted by Crippen LogP contribution is 2.01. The van der Waals surface area contributed by atoms with Crippen molar-refractivity contribution in [2.75, 3.05) is 6.54 Å². The van der Waals surface area contributed by atoms with E-state index in [-0.39, 0.29) is 11.9 Å². The average Bonchev–Trinajstić information content (AvgIpc) is 2.28. The van der Waals surface area contributed by atoms with E-state index in [0.29, 0.717) is 12.2 Å². The Bertz CT molecular complexity index is 352. The van der Waals surface area contributed by atoms with Gasteiger partial charge in [0.05, 0.1) is 0 Å². The monoisotopic (exact) mass is 221 g/mol. The van der Waals surface area contributed by atoms with E-state index in [9.17, 15) is 4.79 Å². The lowest BCUT2D eigenvalue weighted by Crippen LogP contribution is -2.36. The molecular formula is C12H19N3O. The first-order valence-electron chi connectivity index (χ1n) is 5.62. The van der Waals surface area contributed by atoms with E-state index in [1.807, 2.05) is 26.0 Å². The van der Waals surface area contributed by atoms with Gasteiger partial charge in [-0.1, -0.05) is 13.0 Å². The molecule has 4 heteroatoms. The number of carbonyl (C=O) groups is 1. The zero-order chi connectivity index (χ0) is 12.0. The Balaban J connectivity index is 2.64. The molecule has 0 bridgehead atoms. The lowest BCUT2D eigenvalue weighted by molar-refractivity contribution is 0.0929. The third-order valence-electron chi connectivity index (χ3n) is 2.46. The fraction of sp³-hybridized carbons (Fsp3) is 0.500. The van der Waals surface area contributed by atoms with E-state index in [2.05, 4.69) is 10.3 Å². The van der Waals surface area contributed by atoms with Crippen molar-refractivity contribution in [1.82, 2.24) is 10.3 Å². The molecule has 1 unspecified atom stereocenters. The van der Waals surface area contributed by atoms with Gasteiger partial charge in [-0.3, -0.25) is 4.79 Å². The van der Waals surface area contributed by atoms with Gasteiger partial charge in [-0.05, 0) is 38.4 Å². The molecule has 0 radical (unpaired) electrons. The van der Waals surface area contributed by atoms with E-state index in [1.54, 1.807) is 6.07 Å². The molecule has 0 fully saturated rings. The first kappa shape index (κ1) is 12.6. The van der Waals surface area contributed by atoms with Crippen molar-refractivity contribution in [2.24, 2.45) is 5.73 Å². The smallest absolute Gasteiger partial charge is 0.270 e. The molecule has 0 saturated carbocycles. The Kier molecular flexibility index (Phi) is 4.92. The zero-order valence-electron chi connectivity index (χ0n) is 9.86. The molecule has 3 N–H and O–H groups in total. The number of hydrogen-bond donors (Lipinski definition) is 2. The number of aryl methyl sites for hydroxylation is 1. The molecule has 88 valence electrons. The molecule has 0 aromatic carbocycles. The van der Waals surface area contributed by atoms with Gasteiger partial charge in [0, 0.05) is 11.7 Å². The van der Waals surface area contributed by atoms with Crippen LogP contribution in [-0.4, -0.2) is 23.5 Å². The molecule has 0 aliphatic carbocycles. The van der Waals surface area contributed by atoms with Gasteiger partial charge in [0.25, 0.3) is 5.91 Å². The van der Waals surface area contributed by atoms with Gasteiger partial charge in [0.1, 0.15) is 5.69 Å². The van der Waals surface area contributed by atoms with Gasteiger partial charge < -0.3 is 11.1 Å². The van der Waals surface area contributed by atoms with Gasteiger partial charge in [0.15, 0.2) is 0 Å². The van der Waals surface area contributed by atoms with E-state index in [0.717, 1.165) is 18.5 Å². The van der Waals surface area contributed by atoms with E-state index in [4.69, 9.17) is 5.73 Å². The van der Waals surface area contributed by atoms with Crippen LogP contribution in [0.5, 0.6) is 0 Å². The molecule has 0 saturated heterocycles. The first-order chi connectivity index (χ1) is 7.67. The van der Waals surface area contributed by atoms with Crippen LogP contribution in [0.3, 0.4) is 0 Å². The van der Waals surface area contributed by atoms with Crippen molar-refractivity contribution in [1.29, 1.82) is 0 Å². The van der Waals surface area contributed by atoms with Gasteiger partial charge in [-0.15, -0.1) is 0 Å². The Labute approximate surface area is 96.3 Å². The first-order valence-corrected chi connectivity index (χ1v) is 5.62. The highest BCUT2D eigenvalue weighted by Gasteiger charge is 2.12. The number of pyridine rings is 1. The number of hydrogen-bond acceptors (Lipinski definition) is 3. The minimum Gasteiger partial charge on any atom is -0.348 e. The zero-order valence-corrected chi connectivity index (χ0v) is 9.86. The van der Waals surface area contributed by atoms with Crippen LogP contribution in [0.15, 0.2) is 18.2 Å². The summed E-state index contributed by atoms with van der Waals surface area (Å²) in [6.45, 7) is 4.48. The molecule has 1 rings (SSSR count). The van der Waals surface area contributed by atoms with Crippen molar-refractivity contribution < 1.29 is 4.79 Å². The molecule has 4 nitrogen and oxygen atoms in total. The summed E-state index contributed by atoms with van der Waals surface area (Å²) < 4.78 is 0. The van der Waals surface area contributed by atoms with Crippen LogP contribution < -0.4 is 11.1 Å². The Morgan fingerprint density at radius 1 is 1.56 bits per heavy atom. The fourth-order valence-electron chi connectivity index (χ4n) is 1.51. The summed E-state index contributed by atoms with van der Waals surface area (Å²) in [4.78, 5) is 16.0. The van der Waals surface area contributed by atoms with Crippen LogP contribution >= 0.6 is 0 Å². The normalized spacial score (nSPS) is 12.2. The predicted octanol–water partition coefficient (Wildman–Crippen LogP) is 1.25. The minimum atomic E-state index is -0.121. The number of rotatable bonds is 5. The van der Waals surface area contributed by atoms with Crippen LogP contribution in [0.2, 0.25) is 0 Å². The summed E-state index contributed by atoms with van der Waals surface area (Å²) in [5.41, 5.74) is 6.79. The highest BCUT2D eigenvalue weighted by molar-refractivity contribution is 5.92. The third-order valence-corrected chi connectivity index (χ3v) is 2.46. The van der Waals surface area contributed by atoms with Crippen molar-refractivity contribution >= 4 is 5.91 Å². The molecular weight excluding hydrogens is 202 g/mol. The van der Waals surface area contributed by atoms with Crippen molar-refractivity contribution in [2.45, 2.75) is 32.7 Å². The molecule has 1 atom stereocenters. The highest BCUT2D eigenvalue weighted by atomic mass is 16.1. The van der Waals surface area contributed by atoms with Gasteiger partial charge in [-0.25, -0.2) is 4.98 Å². The lowest BCUT2D eigenvalue weighted by Gasteiger charge is -2.15. The molecule has 1 heterocycles. The third kappa shape index (κ3) is 3.62. The molecule has 1 aromatic rings. The summed E-state index contributed by atoms with van der Waals surface area (Å²) in [6.07, 6.45) is 1.68. The van der Waals surface area contributed by atoms with Gasteiger partial charge in [0.2, 0.25) is 0 Å². The molecule has 1 aromatic heterocycles. The quantitative estimate of drug-likeness (QED) is 0.786. The fourth-order valence-corrected chi connectivity index (χ4v) is 1.51. The van der Waals surface area contributed by atoms with Gasteiger partial charge >= 0.3 is 0 Å². The number of aromatic nitrogens is 1. The van der Waals surface area contributed by atoms with Crippen molar-refractivity contribution in [3.05, 3.63) is 29.6 Å². The van der Waals surface area contributed by atoms with Crippen LogP contribution in [-0.2, 0) is 0 Å². The summed E-state index contributed by atoms with van der Waals surface area (Å²) in [7, 11) is 0. The number of nitrogens with one attached hydrogen (secondary N) is 1. The standard InChI is InChI=1S/C12H19N3O/c1-3-10(7-8-13)15-12(16)11-6-4-5-9(2)14-11/h4-6,10H,3,7-8,13H2,1-2H3,(H,15,16). The van der Waals surface area contributed by atoms with E-state index < -0.39 is 0 Å². The maximum atomic E-state index is 11.8. The summed E-state index contributed by atoms with van der Waals surface area (Å²) in [5.74, 6) is -0.121. The second-order valence-electron chi connectivity index (χ2n) is 3.82. The largest absolute Gasteiger partial charge is 0.348 e. The second-order valence-corrected chi connectivity index (χ2v) is 3.82. The molecule has 0 aliphatic heterocycles. The Morgan fingerprint density at radius 2 is 2.31 bits per heavy atom. The predicted molar refractivity (Wildman–Crippen MR) is 64.2 cm³/mol. The topological polar surface area (TPSA) is 68.0 Å². The van der Waals surface area contributed by atoms with E-state index >= 15 is 0 Å². The summed E-state index contributed by atoms with van der Waals surface area (Å²) >= 11 is 0. The second kappa shape index (κ2) is 6.23. The van der Waals surface area contributed by atoms with Crippen molar-refractivity contribution in [3.63, 3.8) is 0 Å². The van der Waals surface area contributed by atoms with Gasteiger partial charge in [-0.2, -0.15) is 0 Å². The Hall–Kier alpha value is -1.42. The van der Waals surface area contributed by atoms with E-state index in [1.165, 1.54) is 0 Å². The molecule has 1 amide bonds. The SMILES string of the molecule is CCC(CCN)NC(=O)c1cccc(C)n1. The molecule has 0 spiro atoms. The number of amides is 1. The minimum absolute atomic E-state index is 0.121. The average molecular weight is 221 g/mol. The lowest BCUT2D eigenvalue weighted by atomic mass is 10.1. The van der Waals surface area contributed by atoms with Crippen LogP contribution in [0.1, 0.15) is 35.9 Å². The van der Waals surface area contributed by atoms with Crippen LogP contribution in [0.25, 0.3) is 0 Å². The number of nitrogens with zero attached hydrogens (tertiary/aromatic N) is 1. The summed E-state index contributed by atoms with van der Waals surface area (Å²) in [5, 5.41) is 2.93. The van der Waals surface area contributed by atoms with Crippen LogP contribution in [0, 0.1) is 6.92 Å². The number of carbonyl (C=O) groups excluding carboxylic acids is 1. The summed E-state index contributed by atoms with van der Waals surface area (Å²) in [6, 6.07) is 5.56. The van der Waals surface area contributed by atoms with Crippen molar-refractivity contribution in [3.8, 4) is 0 Å². The maximum Gasteiger partial charge on any atom is 0.270 e. The molecule has 16 heavy (non-hydrogen) atoms. The van der Waals surface area contributed by atoms with Crippen LogP contribution in [0.4, 0.5) is 0 Å². The Morgan fingerprint density at radius 3 is 2.88 bits per heavy atom. The molecule has 0 aliphatic rings.